The first-order valence-corrected chi connectivity index (χ1v) is 13.3. The molecule has 31 heavy (non-hydrogen) atoms. The molecule has 1 aliphatic heterocycles. The lowest BCUT2D eigenvalue weighted by atomic mass is 10.1. The molecule has 0 aliphatic carbocycles. The Bertz CT molecular complexity index is 1450. The number of aromatic nitrogens is 1. The second kappa shape index (κ2) is 7.98. The number of thiazole rings is 1. The summed E-state index contributed by atoms with van der Waals surface area (Å²) in [4.78, 5) is 18.2. The molecule has 1 fully saturated rings. The van der Waals surface area contributed by atoms with Crippen LogP contribution in [0.15, 0.2) is 63.1 Å². The van der Waals surface area contributed by atoms with Crippen LogP contribution in [0.2, 0.25) is 0 Å². The van der Waals surface area contributed by atoms with E-state index in [1.165, 1.54) is 27.0 Å². The van der Waals surface area contributed by atoms with E-state index in [9.17, 15) is 13.2 Å². The molecule has 0 bridgehead atoms. The first-order chi connectivity index (χ1) is 15.0. The number of benzene rings is 2. The first-order valence-electron chi connectivity index (χ1n) is 10.2. The van der Waals surface area contributed by atoms with Crippen molar-refractivity contribution in [2.75, 3.05) is 6.54 Å². The lowest BCUT2D eigenvalue weighted by molar-refractivity contribution is -0.121. The van der Waals surface area contributed by atoms with Crippen LogP contribution in [0.5, 0.6) is 0 Å². The number of hydrogen-bond donors (Lipinski definition) is 0. The maximum atomic E-state index is 13.2. The molecule has 5 rings (SSSR count). The highest BCUT2D eigenvalue weighted by atomic mass is 32.2. The fourth-order valence-corrected chi connectivity index (χ4v) is 8.16. The van der Waals surface area contributed by atoms with Crippen molar-refractivity contribution in [2.24, 2.45) is 4.99 Å². The van der Waals surface area contributed by atoms with Crippen LogP contribution < -0.4 is 4.80 Å². The van der Waals surface area contributed by atoms with Crippen molar-refractivity contribution < 1.29 is 13.2 Å². The van der Waals surface area contributed by atoms with Crippen molar-refractivity contribution >= 4 is 59.6 Å². The molecule has 2 aromatic carbocycles. The third-order valence-electron chi connectivity index (χ3n) is 5.64. The molecule has 1 saturated heterocycles. The number of rotatable bonds is 4. The van der Waals surface area contributed by atoms with Crippen molar-refractivity contribution in [3.63, 3.8) is 0 Å². The van der Waals surface area contributed by atoms with Crippen molar-refractivity contribution in [1.29, 1.82) is 0 Å². The number of carbonyl (C=O) groups is 1. The number of fused-ring (bicyclic) bond motifs is 3. The van der Waals surface area contributed by atoms with E-state index in [0.717, 1.165) is 21.0 Å². The van der Waals surface area contributed by atoms with Gasteiger partial charge in [0.25, 0.3) is 15.9 Å². The Kier molecular flexibility index (Phi) is 5.29. The molecule has 0 unspecified atom stereocenters. The Hall–Kier alpha value is -2.33. The van der Waals surface area contributed by atoms with E-state index in [4.69, 9.17) is 0 Å². The Morgan fingerprint density at radius 1 is 1.16 bits per heavy atom. The second-order valence-electron chi connectivity index (χ2n) is 7.42. The van der Waals surface area contributed by atoms with Crippen LogP contribution >= 0.6 is 22.7 Å². The Morgan fingerprint density at radius 2 is 2.00 bits per heavy atom. The first kappa shape index (κ1) is 20.6. The number of amides is 1. The Labute approximate surface area is 188 Å². The summed E-state index contributed by atoms with van der Waals surface area (Å²) in [6.45, 7) is 3.04. The zero-order valence-corrected chi connectivity index (χ0v) is 19.3. The van der Waals surface area contributed by atoms with Crippen LogP contribution in [-0.2, 0) is 21.4 Å². The van der Waals surface area contributed by atoms with Crippen molar-refractivity contribution in [1.82, 2.24) is 8.87 Å². The van der Waals surface area contributed by atoms with Gasteiger partial charge in [0, 0.05) is 18.5 Å². The van der Waals surface area contributed by atoms with Crippen LogP contribution in [0.1, 0.15) is 19.8 Å². The van der Waals surface area contributed by atoms with Gasteiger partial charge in [0.15, 0.2) is 4.80 Å². The zero-order chi connectivity index (χ0) is 21.6. The molecular weight excluding hydrogens is 450 g/mol. The SMILES string of the molecule is CCn1c(=NC(=O)[C@@H]2CCCN2S(=O)(=O)c2cccs2)sc2c3ccccc3ccc21. The predicted octanol–water partition coefficient (Wildman–Crippen LogP) is 4.22. The summed E-state index contributed by atoms with van der Waals surface area (Å²) < 4.78 is 30.7. The molecule has 1 amide bonds. The van der Waals surface area contributed by atoms with Gasteiger partial charge < -0.3 is 4.57 Å². The molecule has 3 heterocycles. The number of aryl methyl sites for hydroxylation is 1. The predicted molar refractivity (Wildman–Crippen MR) is 125 cm³/mol. The molecule has 2 aromatic heterocycles. The highest BCUT2D eigenvalue weighted by Crippen LogP contribution is 2.30. The van der Waals surface area contributed by atoms with E-state index in [0.29, 0.717) is 30.7 Å². The lowest BCUT2D eigenvalue weighted by Crippen LogP contribution is -2.40. The summed E-state index contributed by atoms with van der Waals surface area (Å²) in [5, 5.41) is 4.00. The number of sulfonamides is 1. The standard InChI is InChI=1S/C22H21N3O3S3/c1-2-24-17-12-11-15-7-3-4-8-16(15)20(17)30-22(24)23-21(26)18-9-5-13-25(18)31(27,28)19-10-6-14-29-19/h3-4,6-8,10-12,14,18H,2,5,9,13H2,1H3/t18-/m0/s1. The van der Waals surface area contributed by atoms with Crippen molar-refractivity contribution in [2.45, 2.75) is 36.6 Å². The number of thiophene rings is 1. The second-order valence-corrected chi connectivity index (χ2v) is 11.5. The van der Waals surface area contributed by atoms with Crippen molar-refractivity contribution in [3.8, 4) is 0 Å². The Balaban J connectivity index is 1.58. The third-order valence-corrected chi connectivity index (χ3v) is 10.1. The molecule has 1 atom stereocenters. The highest BCUT2D eigenvalue weighted by Gasteiger charge is 2.39. The molecule has 0 radical (unpaired) electrons. The monoisotopic (exact) mass is 471 g/mol. The molecule has 0 N–H and O–H groups in total. The minimum absolute atomic E-state index is 0.268. The summed E-state index contributed by atoms with van der Waals surface area (Å²) in [5.74, 6) is -0.393. The van der Waals surface area contributed by atoms with E-state index >= 15 is 0 Å². The number of carbonyl (C=O) groups excluding carboxylic acids is 1. The van der Waals surface area contributed by atoms with Crippen LogP contribution in [0.25, 0.3) is 21.0 Å². The van der Waals surface area contributed by atoms with Gasteiger partial charge in [-0.05, 0) is 42.7 Å². The van der Waals surface area contributed by atoms with Crippen LogP contribution in [0.4, 0.5) is 0 Å². The normalized spacial score (nSPS) is 18.4. The van der Waals surface area contributed by atoms with Crippen LogP contribution in [-0.4, -0.2) is 35.8 Å². The fourth-order valence-electron chi connectivity index (χ4n) is 4.16. The molecule has 1 aliphatic rings. The molecule has 4 aromatic rings. The summed E-state index contributed by atoms with van der Waals surface area (Å²) >= 11 is 2.65. The minimum atomic E-state index is -3.68. The Morgan fingerprint density at radius 3 is 2.77 bits per heavy atom. The van der Waals surface area contributed by atoms with E-state index in [2.05, 4.69) is 29.3 Å². The van der Waals surface area contributed by atoms with E-state index < -0.39 is 22.0 Å². The lowest BCUT2D eigenvalue weighted by Gasteiger charge is -2.20. The number of nitrogens with zero attached hydrogens (tertiary/aromatic N) is 3. The number of hydrogen-bond acceptors (Lipinski definition) is 5. The van der Waals surface area contributed by atoms with E-state index in [1.54, 1.807) is 17.5 Å². The van der Waals surface area contributed by atoms with E-state index in [1.807, 2.05) is 23.6 Å². The molecule has 6 nitrogen and oxygen atoms in total. The maximum Gasteiger partial charge on any atom is 0.266 e. The van der Waals surface area contributed by atoms with Gasteiger partial charge in [-0.2, -0.15) is 9.30 Å². The topological polar surface area (TPSA) is 71.7 Å². The molecule has 0 spiro atoms. The van der Waals surface area contributed by atoms with Gasteiger partial charge >= 0.3 is 0 Å². The van der Waals surface area contributed by atoms with Gasteiger partial charge in [-0.25, -0.2) is 8.42 Å². The zero-order valence-electron chi connectivity index (χ0n) is 16.9. The minimum Gasteiger partial charge on any atom is -0.317 e. The van der Waals surface area contributed by atoms with Gasteiger partial charge in [-0.3, -0.25) is 4.79 Å². The van der Waals surface area contributed by atoms with Crippen molar-refractivity contribution in [3.05, 3.63) is 58.7 Å². The average molecular weight is 472 g/mol. The smallest absolute Gasteiger partial charge is 0.266 e. The fraction of sp³-hybridized carbons (Fsp3) is 0.273. The summed E-state index contributed by atoms with van der Waals surface area (Å²) in [5.41, 5.74) is 1.03. The van der Waals surface area contributed by atoms with Gasteiger partial charge in [-0.1, -0.05) is 47.7 Å². The van der Waals surface area contributed by atoms with Gasteiger partial charge in [0.2, 0.25) is 0 Å². The van der Waals surface area contributed by atoms with Gasteiger partial charge in [0.1, 0.15) is 10.3 Å². The summed E-state index contributed by atoms with van der Waals surface area (Å²) in [6.07, 6.45) is 1.15. The quantitative estimate of drug-likeness (QED) is 0.447. The van der Waals surface area contributed by atoms with Gasteiger partial charge in [-0.15, -0.1) is 11.3 Å². The molecule has 160 valence electrons. The molecule has 9 heteroatoms. The molecule has 0 saturated carbocycles. The van der Waals surface area contributed by atoms with Crippen LogP contribution in [0, 0.1) is 0 Å². The highest BCUT2D eigenvalue weighted by molar-refractivity contribution is 7.91. The van der Waals surface area contributed by atoms with Gasteiger partial charge in [0.05, 0.1) is 10.2 Å². The van der Waals surface area contributed by atoms with Crippen LogP contribution in [0.3, 0.4) is 0 Å². The third kappa shape index (κ3) is 3.45. The molecular formula is C22H21N3O3S3. The van der Waals surface area contributed by atoms with E-state index in [-0.39, 0.29) is 4.21 Å². The summed E-state index contributed by atoms with van der Waals surface area (Å²) in [7, 11) is -3.68. The summed E-state index contributed by atoms with van der Waals surface area (Å²) in [6, 6.07) is 14.8. The maximum absolute atomic E-state index is 13.2. The average Bonchev–Trinajstić information content (AvgIpc) is 3.53. The largest absolute Gasteiger partial charge is 0.317 e.